The minimum atomic E-state index is -0.0300. The minimum absolute atomic E-state index is 0.0300. The van der Waals surface area contributed by atoms with Crippen LogP contribution in [-0.2, 0) is 6.54 Å². The zero-order chi connectivity index (χ0) is 15.8. The molecule has 3 heterocycles. The fourth-order valence-electron chi connectivity index (χ4n) is 3.45. The Bertz CT molecular complexity index is 898. The van der Waals surface area contributed by atoms with Gasteiger partial charge in [-0.3, -0.25) is 9.69 Å². The Morgan fingerprint density at radius 1 is 1.39 bits per heavy atom. The summed E-state index contributed by atoms with van der Waals surface area (Å²) in [5.41, 5.74) is 2.63. The number of nitrogens with zero attached hydrogens (tertiary/aromatic N) is 2. The molecule has 1 atom stereocenters. The molecule has 2 aromatic heterocycles. The quantitative estimate of drug-likeness (QED) is 0.800. The number of rotatable bonds is 3. The summed E-state index contributed by atoms with van der Waals surface area (Å²) >= 11 is 1.52. The van der Waals surface area contributed by atoms with E-state index in [2.05, 4.69) is 46.1 Å². The number of H-pyrrole nitrogens is 1. The molecule has 4 rings (SSSR count). The van der Waals surface area contributed by atoms with Gasteiger partial charge in [-0.15, -0.1) is 11.3 Å². The molecule has 1 aromatic carbocycles. The largest absolute Gasteiger partial charge is 0.309 e. The molecule has 0 aliphatic carbocycles. The Balaban J connectivity index is 1.62. The molecule has 1 fully saturated rings. The molecule has 1 N–H and O–H groups in total. The van der Waals surface area contributed by atoms with Crippen molar-refractivity contribution in [2.75, 3.05) is 6.54 Å². The summed E-state index contributed by atoms with van der Waals surface area (Å²) in [6.07, 6.45) is 2.35. The zero-order valence-electron chi connectivity index (χ0n) is 13.1. The van der Waals surface area contributed by atoms with Crippen LogP contribution in [0, 0.1) is 6.92 Å². The fraction of sp³-hybridized carbons (Fsp3) is 0.333. The van der Waals surface area contributed by atoms with Gasteiger partial charge in [0.25, 0.3) is 5.56 Å². The lowest BCUT2D eigenvalue weighted by Crippen LogP contribution is -2.25. The molecular formula is C18H19N3OS. The first-order chi connectivity index (χ1) is 11.2. The van der Waals surface area contributed by atoms with Crippen molar-refractivity contribution in [3.8, 4) is 0 Å². The van der Waals surface area contributed by atoms with Gasteiger partial charge in [0.1, 0.15) is 10.7 Å². The molecule has 0 unspecified atom stereocenters. The van der Waals surface area contributed by atoms with Gasteiger partial charge in [0.15, 0.2) is 0 Å². The molecule has 118 valence electrons. The van der Waals surface area contributed by atoms with Crippen molar-refractivity contribution in [2.45, 2.75) is 32.4 Å². The van der Waals surface area contributed by atoms with Crippen LogP contribution in [0.2, 0.25) is 0 Å². The topological polar surface area (TPSA) is 49.0 Å². The lowest BCUT2D eigenvalue weighted by Gasteiger charge is -2.24. The molecule has 4 nitrogen and oxygen atoms in total. The summed E-state index contributed by atoms with van der Waals surface area (Å²) in [4.78, 5) is 22.9. The molecule has 23 heavy (non-hydrogen) atoms. The Morgan fingerprint density at radius 3 is 3.17 bits per heavy atom. The number of likely N-dealkylation sites (tertiary alicyclic amines) is 1. The summed E-state index contributed by atoms with van der Waals surface area (Å²) in [6.45, 7) is 3.87. The van der Waals surface area contributed by atoms with Gasteiger partial charge in [0.2, 0.25) is 0 Å². The van der Waals surface area contributed by atoms with E-state index in [4.69, 9.17) is 0 Å². The number of thiophene rings is 1. The van der Waals surface area contributed by atoms with Crippen LogP contribution in [0.5, 0.6) is 0 Å². The van der Waals surface area contributed by atoms with E-state index < -0.39 is 0 Å². The van der Waals surface area contributed by atoms with Gasteiger partial charge in [-0.25, -0.2) is 4.98 Å². The van der Waals surface area contributed by atoms with Crippen LogP contribution in [-0.4, -0.2) is 21.4 Å². The third-order valence-corrected chi connectivity index (χ3v) is 5.33. The van der Waals surface area contributed by atoms with E-state index in [0.717, 1.165) is 23.6 Å². The Hall–Kier alpha value is -1.98. The molecule has 1 saturated heterocycles. The van der Waals surface area contributed by atoms with Gasteiger partial charge in [0.05, 0.1) is 11.9 Å². The second-order valence-corrected chi connectivity index (χ2v) is 7.09. The summed E-state index contributed by atoms with van der Waals surface area (Å²) in [5.74, 6) is 0.768. The van der Waals surface area contributed by atoms with Gasteiger partial charge < -0.3 is 4.98 Å². The standard InChI is InChI=1S/C18H19N3OS/c1-12-4-2-5-13(10-12)15-6-3-8-21(15)11-16-19-17(22)14-7-9-23-18(14)20-16/h2,4-5,7,9-10,15H,3,6,8,11H2,1H3,(H,19,20,22)/t15-/m0/s1. The third kappa shape index (κ3) is 2.82. The molecular weight excluding hydrogens is 306 g/mol. The van der Waals surface area contributed by atoms with Crippen molar-refractivity contribution < 1.29 is 0 Å². The Labute approximate surface area is 138 Å². The van der Waals surface area contributed by atoms with Crippen molar-refractivity contribution in [1.29, 1.82) is 0 Å². The number of hydrogen-bond acceptors (Lipinski definition) is 4. The Morgan fingerprint density at radius 2 is 2.30 bits per heavy atom. The van der Waals surface area contributed by atoms with E-state index in [0.29, 0.717) is 18.0 Å². The summed E-state index contributed by atoms with van der Waals surface area (Å²) < 4.78 is 0. The van der Waals surface area contributed by atoms with Gasteiger partial charge in [-0.05, 0) is 43.3 Å². The molecule has 0 radical (unpaired) electrons. The van der Waals surface area contributed by atoms with Gasteiger partial charge in [0, 0.05) is 6.04 Å². The monoisotopic (exact) mass is 325 g/mol. The van der Waals surface area contributed by atoms with Crippen LogP contribution in [0.15, 0.2) is 40.5 Å². The minimum Gasteiger partial charge on any atom is -0.309 e. The predicted molar refractivity (Wildman–Crippen MR) is 93.8 cm³/mol. The number of benzene rings is 1. The number of aryl methyl sites for hydroxylation is 1. The first kappa shape index (κ1) is 14.6. The first-order valence-corrected chi connectivity index (χ1v) is 8.86. The lowest BCUT2D eigenvalue weighted by molar-refractivity contribution is 0.242. The summed E-state index contributed by atoms with van der Waals surface area (Å²) in [6, 6.07) is 11.0. The van der Waals surface area contributed by atoms with Crippen molar-refractivity contribution in [3.05, 3.63) is 63.0 Å². The molecule has 0 saturated carbocycles. The highest BCUT2D eigenvalue weighted by Gasteiger charge is 2.26. The van der Waals surface area contributed by atoms with E-state index >= 15 is 0 Å². The van der Waals surface area contributed by atoms with Crippen molar-refractivity contribution in [1.82, 2.24) is 14.9 Å². The SMILES string of the molecule is Cc1cccc([C@@H]2CCCN2Cc2nc3sccc3c(=O)[nH]2)c1. The molecule has 1 aliphatic rings. The molecule has 0 amide bonds. The van der Waals surface area contributed by atoms with Crippen molar-refractivity contribution in [3.63, 3.8) is 0 Å². The summed E-state index contributed by atoms with van der Waals surface area (Å²) in [7, 11) is 0. The van der Waals surface area contributed by atoms with Crippen LogP contribution in [0.1, 0.15) is 35.8 Å². The maximum absolute atomic E-state index is 12.1. The molecule has 0 spiro atoms. The normalized spacial score (nSPS) is 18.7. The van der Waals surface area contributed by atoms with E-state index in [1.807, 2.05) is 11.4 Å². The van der Waals surface area contributed by atoms with Crippen molar-refractivity contribution >= 4 is 21.6 Å². The Kier molecular flexibility index (Phi) is 3.75. The number of fused-ring (bicyclic) bond motifs is 1. The second-order valence-electron chi connectivity index (χ2n) is 6.19. The maximum Gasteiger partial charge on any atom is 0.259 e. The van der Waals surface area contributed by atoms with E-state index in [1.165, 1.54) is 28.9 Å². The second kappa shape index (κ2) is 5.91. The number of nitrogens with one attached hydrogen (secondary N) is 1. The first-order valence-electron chi connectivity index (χ1n) is 7.98. The van der Waals surface area contributed by atoms with Crippen LogP contribution < -0.4 is 5.56 Å². The maximum atomic E-state index is 12.1. The van der Waals surface area contributed by atoms with Gasteiger partial charge in [-0.1, -0.05) is 29.8 Å². The highest BCUT2D eigenvalue weighted by atomic mass is 32.1. The number of hydrogen-bond donors (Lipinski definition) is 1. The van der Waals surface area contributed by atoms with E-state index in [-0.39, 0.29) is 5.56 Å². The molecule has 3 aromatic rings. The fourth-order valence-corrected chi connectivity index (χ4v) is 4.23. The average molecular weight is 325 g/mol. The zero-order valence-corrected chi connectivity index (χ0v) is 13.9. The lowest BCUT2D eigenvalue weighted by atomic mass is 10.0. The predicted octanol–water partition coefficient (Wildman–Crippen LogP) is 3.63. The molecule has 1 aliphatic heterocycles. The third-order valence-electron chi connectivity index (χ3n) is 4.53. The van der Waals surface area contributed by atoms with Crippen LogP contribution in [0.25, 0.3) is 10.2 Å². The van der Waals surface area contributed by atoms with Crippen LogP contribution >= 0.6 is 11.3 Å². The number of aromatic amines is 1. The highest BCUT2D eigenvalue weighted by Crippen LogP contribution is 2.33. The summed E-state index contributed by atoms with van der Waals surface area (Å²) in [5, 5.41) is 2.61. The van der Waals surface area contributed by atoms with Crippen LogP contribution in [0.3, 0.4) is 0 Å². The van der Waals surface area contributed by atoms with E-state index in [9.17, 15) is 4.79 Å². The van der Waals surface area contributed by atoms with E-state index in [1.54, 1.807) is 0 Å². The average Bonchev–Trinajstić information content (AvgIpc) is 3.16. The van der Waals surface area contributed by atoms with Crippen molar-refractivity contribution in [2.24, 2.45) is 0 Å². The van der Waals surface area contributed by atoms with Crippen LogP contribution in [0.4, 0.5) is 0 Å². The smallest absolute Gasteiger partial charge is 0.259 e. The molecule has 0 bridgehead atoms. The van der Waals surface area contributed by atoms with Gasteiger partial charge >= 0.3 is 0 Å². The molecule has 5 heteroatoms. The van der Waals surface area contributed by atoms with Gasteiger partial charge in [-0.2, -0.15) is 0 Å². The highest BCUT2D eigenvalue weighted by molar-refractivity contribution is 7.16. The number of aromatic nitrogens is 2.